The number of carbonyl (C=O) groups excluding carboxylic acids is 2. The second-order valence-corrected chi connectivity index (χ2v) is 6.49. The average Bonchev–Trinajstić information content (AvgIpc) is 3.06. The second-order valence-electron chi connectivity index (χ2n) is 6.49. The molecule has 0 radical (unpaired) electrons. The molecule has 1 aromatic carbocycles. The zero-order chi connectivity index (χ0) is 17.8. The molecule has 0 aliphatic carbocycles. The van der Waals surface area contributed by atoms with E-state index in [1.165, 1.54) is 0 Å². The molecule has 2 unspecified atom stereocenters. The third-order valence-corrected chi connectivity index (χ3v) is 4.34. The fraction of sp³-hybridized carbons (Fsp3) is 0.368. The van der Waals surface area contributed by atoms with E-state index in [4.69, 9.17) is 4.42 Å². The molecule has 2 heterocycles. The largest absolute Gasteiger partial charge is 0.469 e. The molecule has 3 rings (SSSR count). The molecule has 0 saturated heterocycles. The number of urea groups is 1. The minimum atomic E-state index is -0.211. The monoisotopic (exact) mass is 341 g/mol. The third kappa shape index (κ3) is 4.41. The zero-order valence-electron chi connectivity index (χ0n) is 14.5. The molecule has 2 atom stereocenters. The molecule has 1 aromatic heterocycles. The van der Waals surface area contributed by atoms with Crippen LogP contribution in [0.5, 0.6) is 0 Å². The Hall–Kier alpha value is -2.76. The van der Waals surface area contributed by atoms with Gasteiger partial charge in [0.05, 0.1) is 12.3 Å². The molecule has 2 aromatic rings. The van der Waals surface area contributed by atoms with Gasteiger partial charge in [0.25, 0.3) is 0 Å². The summed E-state index contributed by atoms with van der Waals surface area (Å²) in [5.41, 5.74) is 2.99. The molecule has 6 heteroatoms. The highest BCUT2D eigenvalue weighted by molar-refractivity contribution is 5.93. The maximum absolute atomic E-state index is 12.2. The molecular weight excluding hydrogens is 318 g/mol. The van der Waals surface area contributed by atoms with E-state index in [0.29, 0.717) is 12.8 Å². The number of nitrogens with one attached hydrogen (secondary N) is 3. The molecule has 3 amide bonds. The Balaban J connectivity index is 1.55. The lowest BCUT2D eigenvalue weighted by molar-refractivity contribution is -0.116. The first-order valence-corrected chi connectivity index (χ1v) is 8.53. The number of rotatable bonds is 5. The predicted molar refractivity (Wildman–Crippen MR) is 95.3 cm³/mol. The Morgan fingerprint density at radius 2 is 2.08 bits per heavy atom. The number of hydrogen-bond acceptors (Lipinski definition) is 3. The Labute approximate surface area is 147 Å². The van der Waals surface area contributed by atoms with Gasteiger partial charge in [-0.05, 0) is 49.6 Å². The molecule has 0 spiro atoms. The van der Waals surface area contributed by atoms with Gasteiger partial charge in [-0.2, -0.15) is 0 Å². The number of carbonyl (C=O) groups is 2. The summed E-state index contributed by atoms with van der Waals surface area (Å²) < 4.78 is 5.29. The lowest BCUT2D eigenvalue weighted by Crippen LogP contribution is -2.42. The topological polar surface area (TPSA) is 83.4 Å². The summed E-state index contributed by atoms with van der Waals surface area (Å²) in [6.45, 7) is 3.88. The van der Waals surface area contributed by atoms with Gasteiger partial charge in [0.15, 0.2) is 0 Å². The minimum Gasteiger partial charge on any atom is -0.469 e. The van der Waals surface area contributed by atoms with Gasteiger partial charge in [0.1, 0.15) is 5.76 Å². The smallest absolute Gasteiger partial charge is 0.315 e. The predicted octanol–water partition coefficient (Wildman–Crippen LogP) is 3.16. The van der Waals surface area contributed by atoms with Crippen molar-refractivity contribution in [1.29, 1.82) is 0 Å². The van der Waals surface area contributed by atoms with Crippen molar-refractivity contribution >= 4 is 17.6 Å². The van der Waals surface area contributed by atoms with E-state index in [0.717, 1.165) is 29.0 Å². The highest BCUT2D eigenvalue weighted by Crippen LogP contribution is 2.26. The lowest BCUT2D eigenvalue weighted by Gasteiger charge is -2.21. The van der Waals surface area contributed by atoms with E-state index in [1.807, 2.05) is 44.2 Å². The average molecular weight is 341 g/mol. The number of furan rings is 1. The molecule has 6 nitrogen and oxygen atoms in total. The number of aryl methyl sites for hydroxylation is 1. The number of anilines is 1. The molecule has 1 aliphatic heterocycles. The van der Waals surface area contributed by atoms with Crippen LogP contribution in [-0.4, -0.2) is 18.0 Å². The quantitative estimate of drug-likeness (QED) is 0.781. The van der Waals surface area contributed by atoms with Gasteiger partial charge >= 0.3 is 6.03 Å². The Bertz CT molecular complexity index is 755. The van der Waals surface area contributed by atoms with Crippen LogP contribution in [0.2, 0.25) is 0 Å². The van der Waals surface area contributed by atoms with Gasteiger partial charge < -0.3 is 20.4 Å². The normalized spacial score (nSPS) is 15.7. The maximum Gasteiger partial charge on any atom is 0.315 e. The van der Waals surface area contributed by atoms with Crippen molar-refractivity contribution in [2.24, 2.45) is 0 Å². The lowest BCUT2D eigenvalue weighted by atomic mass is 9.98. The zero-order valence-corrected chi connectivity index (χ0v) is 14.5. The summed E-state index contributed by atoms with van der Waals surface area (Å²) in [5.74, 6) is 0.897. The van der Waals surface area contributed by atoms with E-state index >= 15 is 0 Å². The van der Waals surface area contributed by atoms with Crippen molar-refractivity contribution in [2.75, 3.05) is 5.32 Å². The molecular formula is C19H23N3O3. The molecule has 0 fully saturated rings. The summed E-state index contributed by atoms with van der Waals surface area (Å²) in [4.78, 5) is 23.6. The van der Waals surface area contributed by atoms with Crippen LogP contribution < -0.4 is 16.0 Å². The van der Waals surface area contributed by atoms with Crippen LogP contribution in [0, 0.1) is 0 Å². The van der Waals surface area contributed by atoms with E-state index in [-0.39, 0.29) is 24.0 Å². The number of amides is 3. The SMILES string of the molecule is CC(Cc1ccco1)NC(=O)NC(C)c1ccc2c(c1)CCC(=O)N2. The summed E-state index contributed by atoms with van der Waals surface area (Å²) in [6, 6.07) is 9.24. The number of fused-ring (bicyclic) bond motifs is 1. The van der Waals surface area contributed by atoms with Crippen LogP contribution in [-0.2, 0) is 17.6 Å². The summed E-state index contributed by atoms with van der Waals surface area (Å²) in [6.07, 6.45) is 3.51. The van der Waals surface area contributed by atoms with Crippen LogP contribution in [0.25, 0.3) is 0 Å². The van der Waals surface area contributed by atoms with Crippen LogP contribution in [0.1, 0.15) is 43.2 Å². The van der Waals surface area contributed by atoms with Crippen molar-refractivity contribution < 1.29 is 14.0 Å². The van der Waals surface area contributed by atoms with Crippen molar-refractivity contribution in [3.05, 3.63) is 53.5 Å². The fourth-order valence-electron chi connectivity index (χ4n) is 3.00. The molecule has 0 bridgehead atoms. The highest BCUT2D eigenvalue weighted by Gasteiger charge is 2.17. The molecule has 3 N–H and O–H groups in total. The van der Waals surface area contributed by atoms with E-state index in [1.54, 1.807) is 6.26 Å². The third-order valence-electron chi connectivity index (χ3n) is 4.34. The van der Waals surface area contributed by atoms with Gasteiger partial charge in [0, 0.05) is 24.6 Å². The Morgan fingerprint density at radius 1 is 1.24 bits per heavy atom. The molecule has 0 saturated carbocycles. The van der Waals surface area contributed by atoms with Crippen molar-refractivity contribution in [2.45, 2.75) is 45.2 Å². The maximum atomic E-state index is 12.2. The van der Waals surface area contributed by atoms with Crippen molar-refractivity contribution in [1.82, 2.24) is 10.6 Å². The first-order chi connectivity index (χ1) is 12.0. The Kier molecular flexibility index (Phi) is 5.07. The summed E-state index contributed by atoms with van der Waals surface area (Å²) in [5, 5.41) is 8.74. The van der Waals surface area contributed by atoms with Crippen LogP contribution >= 0.6 is 0 Å². The standard InChI is InChI=1S/C19H23N3O3/c1-12(10-16-4-3-9-25-16)20-19(24)21-13(2)14-5-7-17-15(11-14)6-8-18(23)22-17/h3-5,7,9,11-13H,6,8,10H2,1-2H3,(H,22,23)(H2,20,21,24). The summed E-state index contributed by atoms with van der Waals surface area (Å²) in [7, 11) is 0. The van der Waals surface area contributed by atoms with Gasteiger partial charge in [-0.25, -0.2) is 4.79 Å². The van der Waals surface area contributed by atoms with Gasteiger partial charge in [-0.1, -0.05) is 12.1 Å². The molecule has 1 aliphatic rings. The van der Waals surface area contributed by atoms with Gasteiger partial charge in [-0.3, -0.25) is 4.79 Å². The van der Waals surface area contributed by atoms with E-state index < -0.39 is 0 Å². The van der Waals surface area contributed by atoms with Gasteiger partial charge in [-0.15, -0.1) is 0 Å². The fourth-order valence-corrected chi connectivity index (χ4v) is 3.00. The van der Waals surface area contributed by atoms with Gasteiger partial charge in [0.2, 0.25) is 5.91 Å². The summed E-state index contributed by atoms with van der Waals surface area (Å²) >= 11 is 0. The van der Waals surface area contributed by atoms with E-state index in [2.05, 4.69) is 16.0 Å². The first kappa shape index (κ1) is 17.1. The number of benzene rings is 1. The molecule has 132 valence electrons. The van der Waals surface area contributed by atoms with Crippen LogP contribution in [0.15, 0.2) is 41.0 Å². The van der Waals surface area contributed by atoms with E-state index in [9.17, 15) is 9.59 Å². The van der Waals surface area contributed by atoms with Crippen LogP contribution in [0.3, 0.4) is 0 Å². The van der Waals surface area contributed by atoms with Crippen LogP contribution in [0.4, 0.5) is 10.5 Å². The molecule has 25 heavy (non-hydrogen) atoms. The van der Waals surface area contributed by atoms with Crippen molar-refractivity contribution in [3.8, 4) is 0 Å². The number of hydrogen-bond donors (Lipinski definition) is 3. The second kappa shape index (κ2) is 7.42. The van der Waals surface area contributed by atoms with Crippen molar-refractivity contribution in [3.63, 3.8) is 0 Å². The highest BCUT2D eigenvalue weighted by atomic mass is 16.3. The first-order valence-electron chi connectivity index (χ1n) is 8.53. The Morgan fingerprint density at radius 3 is 2.84 bits per heavy atom. The minimum absolute atomic E-state index is 0.0305.